The fraction of sp³-hybridized carbons (Fsp3) is 0.393. The monoisotopic (exact) mass is 432 g/mol. The van der Waals surface area contributed by atoms with E-state index in [0.717, 1.165) is 24.2 Å². The Balaban J connectivity index is 1.30. The van der Waals surface area contributed by atoms with E-state index in [-0.39, 0.29) is 5.97 Å². The molecule has 0 atom stereocenters. The number of benzene rings is 4. The number of carbonyl (C=O) groups is 1. The first-order chi connectivity index (χ1) is 15.3. The Morgan fingerprint density at radius 2 is 1.26 bits per heavy atom. The molecule has 0 N–H and O–H groups in total. The molecule has 0 amide bonds. The minimum atomic E-state index is -0.0838. The lowest BCUT2D eigenvalue weighted by atomic mass is 9.92. The topological polar surface area (TPSA) is 26.3 Å². The zero-order chi connectivity index (χ0) is 21.5. The number of ether oxygens (including phenoxy) is 1. The average molecular weight is 433 g/mol. The molecular weight excluding hydrogens is 400 g/mol. The van der Waals surface area contributed by atoms with Crippen molar-refractivity contribution in [2.75, 3.05) is 5.75 Å². The van der Waals surface area contributed by atoms with Crippen molar-refractivity contribution in [1.29, 1.82) is 0 Å². The molecule has 0 aliphatic heterocycles. The summed E-state index contributed by atoms with van der Waals surface area (Å²) in [5, 5.41) is 7.51. The largest absolute Gasteiger partial charge is 0.461 e. The molecule has 4 aromatic rings. The van der Waals surface area contributed by atoms with Crippen molar-refractivity contribution < 1.29 is 9.53 Å². The van der Waals surface area contributed by atoms with Gasteiger partial charge in [0.1, 0.15) is 6.61 Å². The molecule has 0 fully saturated rings. The molecule has 3 heteroatoms. The summed E-state index contributed by atoms with van der Waals surface area (Å²) in [4.78, 5) is 12.3. The van der Waals surface area contributed by atoms with Gasteiger partial charge in [-0.2, -0.15) is 12.6 Å². The van der Waals surface area contributed by atoms with Crippen LogP contribution in [0.4, 0.5) is 0 Å². The number of unbranched alkanes of at least 4 members (excludes halogenated alkanes) is 7. The van der Waals surface area contributed by atoms with Crippen LogP contribution in [0.3, 0.4) is 0 Å². The second-order valence-electron chi connectivity index (χ2n) is 8.54. The highest BCUT2D eigenvalue weighted by molar-refractivity contribution is 7.80. The molecule has 0 aromatic heterocycles. The Kier molecular flexibility index (Phi) is 7.69. The molecule has 31 heavy (non-hydrogen) atoms. The van der Waals surface area contributed by atoms with Gasteiger partial charge in [0.15, 0.2) is 0 Å². The fourth-order valence-corrected chi connectivity index (χ4v) is 4.82. The summed E-state index contributed by atoms with van der Waals surface area (Å²) in [6.45, 7) is 0.345. The van der Waals surface area contributed by atoms with Crippen LogP contribution in [-0.4, -0.2) is 11.7 Å². The molecular formula is C28H32O2S. The quantitative estimate of drug-likeness (QED) is 0.106. The number of rotatable bonds is 12. The van der Waals surface area contributed by atoms with Gasteiger partial charge in [0, 0.05) is 6.42 Å². The van der Waals surface area contributed by atoms with E-state index in [1.165, 1.54) is 70.8 Å². The molecule has 0 heterocycles. The second-order valence-corrected chi connectivity index (χ2v) is 8.99. The van der Waals surface area contributed by atoms with Crippen molar-refractivity contribution in [3.05, 3.63) is 60.2 Å². The number of hydrogen-bond acceptors (Lipinski definition) is 3. The van der Waals surface area contributed by atoms with E-state index < -0.39 is 0 Å². The predicted molar refractivity (Wildman–Crippen MR) is 135 cm³/mol. The molecule has 0 unspecified atom stereocenters. The second kappa shape index (κ2) is 10.9. The highest BCUT2D eigenvalue weighted by Crippen LogP contribution is 2.36. The standard InChI is InChI=1S/C28H32O2S/c29-26(12-7-5-3-1-2-4-6-8-19-31)30-20-24-16-15-23-14-13-21-10-9-11-22-17-18-25(24)28(23)27(21)22/h9-11,13-18,31H,1-8,12,19-20H2. The number of esters is 1. The highest BCUT2D eigenvalue weighted by Gasteiger charge is 2.12. The summed E-state index contributed by atoms with van der Waals surface area (Å²) in [7, 11) is 0. The van der Waals surface area contributed by atoms with Crippen LogP contribution in [0.2, 0.25) is 0 Å². The fourth-order valence-electron chi connectivity index (χ4n) is 4.59. The Bertz CT molecular complexity index is 1120. The van der Waals surface area contributed by atoms with Crippen LogP contribution in [0, 0.1) is 0 Å². The maximum atomic E-state index is 12.3. The zero-order valence-corrected chi connectivity index (χ0v) is 19.1. The first kappa shape index (κ1) is 22.0. The van der Waals surface area contributed by atoms with Gasteiger partial charge in [-0.05, 0) is 56.5 Å². The Hall–Kier alpha value is -2.26. The van der Waals surface area contributed by atoms with Crippen molar-refractivity contribution in [2.24, 2.45) is 0 Å². The van der Waals surface area contributed by atoms with Gasteiger partial charge in [-0.25, -0.2) is 0 Å². The minimum Gasteiger partial charge on any atom is -0.461 e. The van der Waals surface area contributed by atoms with Gasteiger partial charge in [0.05, 0.1) is 0 Å². The summed E-state index contributed by atoms with van der Waals surface area (Å²) in [5.74, 6) is 0.913. The number of hydrogen-bond donors (Lipinski definition) is 1. The normalized spacial score (nSPS) is 11.6. The van der Waals surface area contributed by atoms with Crippen LogP contribution in [0.25, 0.3) is 32.3 Å². The van der Waals surface area contributed by atoms with E-state index >= 15 is 0 Å². The third-order valence-electron chi connectivity index (χ3n) is 6.30. The third-order valence-corrected chi connectivity index (χ3v) is 6.61. The maximum absolute atomic E-state index is 12.3. The van der Waals surface area contributed by atoms with E-state index in [1.807, 2.05) is 0 Å². The summed E-state index contributed by atoms with van der Waals surface area (Å²) in [5.41, 5.74) is 1.08. The van der Waals surface area contributed by atoms with Crippen molar-refractivity contribution in [2.45, 2.75) is 64.4 Å². The lowest BCUT2D eigenvalue weighted by Gasteiger charge is -2.14. The molecule has 0 saturated carbocycles. The Labute approximate surface area is 190 Å². The predicted octanol–water partition coefficient (Wildman–Crippen LogP) is 8.07. The van der Waals surface area contributed by atoms with Gasteiger partial charge in [-0.1, -0.05) is 93.1 Å². The lowest BCUT2D eigenvalue weighted by molar-refractivity contribution is -0.145. The maximum Gasteiger partial charge on any atom is 0.306 e. The molecule has 0 aliphatic rings. The first-order valence-corrected chi connectivity index (χ1v) is 12.3. The molecule has 4 rings (SSSR count). The molecule has 0 saturated heterocycles. The van der Waals surface area contributed by atoms with E-state index in [4.69, 9.17) is 4.74 Å². The van der Waals surface area contributed by atoms with Crippen LogP contribution in [0.15, 0.2) is 54.6 Å². The van der Waals surface area contributed by atoms with E-state index in [0.29, 0.717) is 13.0 Å². The molecule has 2 nitrogen and oxygen atoms in total. The van der Waals surface area contributed by atoms with E-state index in [2.05, 4.69) is 67.2 Å². The van der Waals surface area contributed by atoms with Crippen LogP contribution in [0.1, 0.15) is 63.4 Å². The van der Waals surface area contributed by atoms with Crippen LogP contribution < -0.4 is 0 Å². The van der Waals surface area contributed by atoms with Crippen LogP contribution >= 0.6 is 12.6 Å². The molecule has 0 radical (unpaired) electrons. The molecule has 0 spiro atoms. The Morgan fingerprint density at radius 1 is 0.677 bits per heavy atom. The Morgan fingerprint density at radius 3 is 1.97 bits per heavy atom. The third kappa shape index (κ3) is 5.33. The van der Waals surface area contributed by atoms with Crippen molar-refractivity contribution >= 4 is 50.9 Å². The number of thiol groups is 1. The molecule has 4 aromatic carbocycles. The minimum absolute atomic E-state index is 0.0838. The average Bonchev–Trinajstić information content (AvgIpc) is 2.80. The van der Waals surface area contributed by atoms with Crippen molar-refractivity contribution in [1.82, 2.24) is 0 Å². The van der Waals surface area contributed by atoms with E-state index in [1.54, 1.807) is 0 Å². The summed E-state index contributed by atoms with van der Waals surface area (Å²) in [6.07, 6.45) is 10.2. The first-order valence-electron chi connectivity index (χ1n) is 11.7. The summed E-state index contributed by atoms with van der Waals surface area (Å²) >= 11 is 4.25. The molecule has 0 aliphatic carbocycles. The van der Waals surface area contributed by atoms with Crippen molar-refractivity contribution in [3.8, 4) is 0 Å². The van der Waals surface area contributed by atoms with Gasteiger partial charge in [-0.15, -0.1) is 0 Å². The number of carbonyl (C=O) groups excluding carboxylic acids is 1. The van der Waals surface area contributed by atoms with Gasteiger partial charge < -0.3 is 4.74 Å². The van der Waals surface area contributed by atoms with Crippen molar-refractivity contribution in [3.63, 3.8) is 0 Å². The lowest BCUT2D eigenvalue weighted by Crippen LogP contribution is -2.05. The summed E-state index contributed by atoms with van der Waals surface area (Å²) in [6, 6.07) is 19.4. The van der Waals surface area contributed by atoms with Gasteiger partial charge in [0.25, 0.3) is 0 Å². The van der Waals surface area contributed by atoms with Crippen LogP contribution in [0.5, 0.6) is 0 Å². The van der Waals surface area contributed by atoms with Gasteiger partial charge in [-0.3, -0.25) is 4.79 Å². The van der Waals surface area contributed by atoms with Gasteiger partial charge in [0.2, 0.25) is 0 Å². The van der Waals surface area contributed by atoms with E-state index in [9.17, 15) is 4.79 Å². The van der Waals surface area contributed by atoms with Gasteiger partial charge >= 0.3 is 5.97 Å². The SMILES string of the molecule is O=C(CCCCCCCCCCS)OCc1ccc2ccc3cccc4ccc1c2c34. The molecule has 162 valence electrons. The summed E-state index contributed by atoms with van der Waals surface area (Å²) < 4.78 is 5.64. The molecule has 0 bridgehead atoms. The van der Waals surface area contributed by atoms with Crippen LogP contribution in [-0.2, 0) is 16.1 Å². The smallest absolute Gasteiger partial charge is 0.306 e. The zero-order valence-electron chi connectivity index (χ0n) is 18.2. The highest BCUT2D eigenvalue weighted by atomic mass is 32.1.